The third-order valence-corrected chi connectivity index (χ3v) is 2.80. The van der Waals surface area contributed by atoms with Crippen molar-refractivity contribution in [1.82, 2.24) is 9.13 Å². The first kappa shape index (κ1) is 15.8. The molecule has 0 aromatic carbocycles. The lowest BCUT2D eigenvalue weighted by Gasteiger charge is -2.17. The van der Waals surface area contributed by atoms with Gasteiger partial charge in [-0.1, -0.05) is 13.8 Å². The highest BCUT2D eigenvalue weighted by Crippen LogP contribution is 2.12. The fraction of sp³-hybridized carbons (Fsp3) is 0.583. The van der Waals surface area contributed by atoms with Crippen molar-refractivity contribution in [1.29, 1.82) is 0 Å². The maximum atomic E-state index is 12.0. The van der Waals surface area contributed by atoms with E-state index in [2.05, 4.69) is 5.32 Å². The smallest absolute Gasteiger partial charge is 0.332 e. The van der Waals surface area contributed by atoms with Crippen LogP contribution in [0.2, 0.25) is 0 Å². The average molecular weight is 283 g/mol. The second-order valence-electron chi connectivity index (χ2n) is 5.05. The Morgan fingerprint density at radius 1 is 1.35 bits per heavy atom. The van der Waals surface area contributed by atoms with Gasteiger partial charge in [-0.3, -0.25) is 18.7 Å². The van der Waals surface area contributed by atoms with Crippen molar-refractivity contribution < 1.29 is 4.79 Å². The molecule has 0 aliphatic heterocycles. The molecule has 0 unspecified atom stereocenters. The van der Waals surface area contributed by atoms with Gasteiger partial charge in [0.15, 0.2) is 0 Å². The molecule has 0 atom stereocenters. The Kier molecular flexibility index (Phi) is 4.95. The predicted molar refractivity (Wildman–Crippen MR) is 77.5 cm³/mol. The highest BCUT2D eigenvalue weighted by Gasteiger charge is 2.15. The molecule has 0 radical (unpaired) electrons. The van der Waals surface area contributed by atoms with Crippen LogP contribution in [0.1, 0.15) is 20.3 Å². The van der Waals surface area contributed by atoms with Gasteiger partial charge in [0.05, 0.1) is 0 Å². The molecule has 20 heavy (non-hydrogen) atoms. The van der Waals surface area contributed by atoms with Crippen LogP contribution in [-0.2, 0) is 18.4 Å². The largest absolute Gasteiger partial charge is 0.383 e. The zero-order valence-electron chi connectivity index (χ0n) is 12.0. The van der Waals surface area contributed by atoms with Crippen molar-refractivity contribution in [2.45, 2.75) is 26.8 Å². The molecule has 0 bridgehead atoms. The third kappa shape index (κ3) is 3.40. The zero-order chi connectivity index (χ0) is 15.4. The van der Waals surface area contributed by atoms with Crippen LogP contribution in [-0.4, -0.2) is 21.6 Å². The quantitative estimate of drug-likeness (QED) is 0.622. The second kappa shape index (κ2) is 6.27. The van der Waals surface area contributed by atoms with E-state index in [0.717, 1.165) is 4.57 Å². The van der Waals surface area contributed by atoms with Crippen LogP contribution in [0.5, 0.6) is 0 Å². The molecule has 1 amide bonds. The topological polar surface area (TPSA) is 125 Å². The van der Waals surface area contributed by atoms with Crippen LogP contribution in [0.4, 0.5) is 11.5 Å². The molecule has 0 fully saturated rings. The Bertz CT molecular complexity index is 615. The summed E-state index contributed by atoms with van der Waals surface area (Å²) in [5.74, 6) is -0.203. The first-order valence-corrected chi connectivity index (χ1v) is 6.37. The molecule has 1 heterocycles. The number of hydrogen-bond acceptors (Lipinski definition) is 5. The molecule has 0 aliphatic rings. The van der Waals surface area contributed by atoms with Crippen molar-refractivity contribution >= 4 is 17.4 Å². The number of nitrogens with one attached hydrogen (secondary N) is 1. The minimum Gasteiger partial charge on any atom is -0.383 e. The molecule has 8 nitrogen and oxygen atoms in total. The number of carbonyl (C=O) groups is 1. The summed E-state index contributed by atoms with van der Waals surface area (Å²) in [6.07, 6.45) is 0.0753. The number of nitrogens with zero attached hydrogens (tertiary/aromatic N) is 2. The van der Waals surface area contributed by atoms with E-state index in [0.29, 0.717) is 6.54 Å². The molecule has 112 valence electrons. The average Bonchev–Trinajstić information content (AvgIpc) is 2.36. The summed E-state index contributed by atoms with van der Waals surface area (Å²) in [6, 6.07) is 0. The van der Waals surface area contributed by atoms with E-state index in [1.54, 1.807) is 0 Å². The van der Waals surface area contributed by atoms with E-state index >= 15 is 0 Å². The number of nitrogen functional groups attached to an aromatic ring is 1. The molecule has 0 saturated carbocycles. The lowest BCUT2D eigenvalue weighted by molar-refractivity contribution is -0.117. The van der Waals surface area contributed by atoms with E-state index in [1.165, 1.54) is 11.6 Å². The van der Waals surface area contributed by atoms with Gasteiger partial charge < -0.3 is 16.8 Å². The lowest BCUT2D eigenvalue weighted by Crippen LogP contribution is -2.41. The number of rotatable bonds is 6. The van der Waals surface area contributed by atoms with Crippen molar-refractivity contribution in [2.24, 2.45) is 18.7 Å². The van der Waals surface area contributed by atoms with Crippen LogP contribution < -0.4 is 28.0 Å². The molecule has 1 aromatic rings. The van der Waals surface area contributed by atoms with E-state index in [1.807, 2.05) is 13.8 Å². The van der Waals surface area contributed by atoms with Crippen LogP contribution >= 0.6 is 0 Å². The standard InChI is InChI=1S/C12H21N5O3/c1-7(2)6-17-10(14)9(15-5-4-8(13)18)11(19)16(3)12(17)20/h7,15H,4-6,14H2,1-3H3,(H2,13,18). The molecule has 5 N–H and O–H groups in total. The Labute approximate surface area is 116 Å². The van der Waals surface area contributed by atoms with Crippen LogP contribution in [0.15, 0.2) is 9.59 Å². The predicted octanol–water partition coefficient (Wildman–Crippen LogP) is -0.927. The minimum atomic E-state index is -0.517. The molecule has 0 aliphatic carbocycles. The highest BCUT2D eigenvalue weighted by molar-refractivity contribution is 5.74. The van der Waals surface area contributed by atoms with Crippen molar-refractivity contribution in [3.63, 3.8) is 0 Å². The van der Waals surface area contributed by atoms with Gasteiger partial charge in [0.1, 0.15) is 11.5 Å². The molecule has 0 saturated heterocycles. The Morgan fingerprint density at radius 3 is 2.45 bits per heavy atom. The summed E-state index contributed by atoms with van der Waals surface area (Å²) in [5, 5.41) is 2.78. The molecule has 8 heteroatoms. The van der Waals surface area contributed by atoms with Crippen LogP contribution in [0.3, 0.4) is 0 Å². The van der Waals surface area contributed by atoms with Gasteiger partial charge in [-0.15, -0.1) is 0 Å². The first-order chi connectivity index (χ1) is 9.25. The SMILES string of the molecule is CC(C)Cn1c(N)c(NCCC(N)=O)c(=O)n(C)c1=O. The summed E-state index contributed by atoms with van der Waals surface area (Å²) >= 11 is 0. The normalized spacial score (nSPS) is 10.8. The van der Waals surface area contributed by atoms with E-state index in [-0.39, 0.29) is 30.4 Å². The number of carbonyl (C=O) groups excluding carboxylic acids is 1. The van der Waals surface area contributed by atoms with Gasteiger partial charge in [0, 0.05) is 26.6 Å². The van der Waals surface area contributed by atoms with Crippen molar-refractivity contribution in [2.75, 3.05) is 17.6 Å². The van der Waals surface area contributed by atoms with E-state index in [9.17, 15) is 14.4 Å². The van der Waals surface area contributed by atoms with Gasteiger partial charge in [0.25, 0.3) is 5.56 Å². The number of primary amides is 1. The second-order valence-corrected chi connectivity index (χ2v) is 5.05. The Morgan fingerprint density at radius 2 is 1.95 bits per heavy atom. The summed E-state index contributed by atoms with van der Waals surface area (Å²) < 4.78 is 2.34. The fourth-order valence-corrected chi connectivity index (χ4v) is 1.80. The number of anilines is 2. The van der Waals surface area contributed by atoms with E-state index in [4.69, 9.17) is 11.5 Å². The first-order valence-electron chi connectivity index (χ1n) is 6.37. The summed E-state index contributed by atoms with van der Waals surface area (Å²) in [6.45, 7) is 4.48. The number of aromatic nitrogens is 2. The van der Waals surface area contributed by atoms with Gasteiger partial charge in [-0.05, 0) is 5.92 Å². The fourth-order valence-electron chi connectivity index (χ4n) is 1.80. The maximum absolute atomic E-state index is 12.0. The summed E-state index contributed by atoms with van der Waals surface area (Å²) in [7, 11) is 1.39. The lowest BCUT2D eigenvalue weighted by atomic mass is 10.2. The monoisotopic (exact) mass is 283 g/mol. The van der Waals surface area contributed by atoms with Gasteiger partial charge >= 0.3 is 5.69 Å². The Balaban J connectivity index is 3.23. The van der Waals surface area contributed by atoms with Gasteiger partial charge in [-0.25, -0.2) is 4.79 Å². The van der Waals surface area contributed by atoms with Crippen molar-refractivity contribution in [3.8, 4) is 0 Å². The Hall–Kier alpha value is -2.25. The number of nitrogens with two attached hydrogens (primary N) is 2. The van der Waals surface area contributed by atoms with Crippen molar-refractivity contribution in [3.05, 3.63) is 20.8 Å². The number of amides is 1. The maximum Gasteiger partial charge on any atom is 0.332 e. The van der Waals surface area contributed by atoms with Crippen LogP contribution in [0, 0.1) is 5.92 Å². The molecular weight excluding hydrogens is 262 g/mol. The third-order valence-electron chi connectivity index (χ3n) is 2.80. The molecule has 1 rings (SSSR count). The van der Waals surface area contributed by atoms with E-state index < -0.39 is 17.2 Å². The molecular formula is C12H21N5O3. The molecule has 0 spiro atoms. The zero-order valence-corrected chi connectivity index (χ0v) is 12.0. The van der Waals surface area contributed by atoms with Gasteiger partial charge in [0.2, 0.25) is 5.91 Å². The van der Waals surface area contributed by atoms with Crippen LogP contribution in [0.25, 0.3) is 0 Å². The molecule has 1 aromatic heterocycles. The number of hydrogen-bond donors (Lipinski definition) is 3. The van der Waals surface area contributed by atoms with Gasteiger partial charge in [-0.2, -0.15) is 0 Å². The minimum absolute atomic E-state index is 0.0753. The summed E-state index contributed by atoms with van der Waals surface area (Å²) in [4.78, 5) is 34.7. The highest BCUT2D eigenvalue weighted by atomic mass is 16.2. The summed E-state index contributed by atoms with van der Waals surface area (Å²) in [5.41, 5.74) is 10.1.